The average Bonchev–Trinajstić information content (AvgIpc) is 2.19. The molecule has 0 saturated heterocycles. The van der Waals surface area contributed by atoms with Crippen LogP contribution in [0.2, 0.25) is 0 Å². The normalized spacial score (nSPS) is 10.6. The van der Waals surface area contributed by atoms with E-state index in [9.17, 15) is 0 Å². The highest BCUT2D eigenvalue weighted by atomic mass is 16.2. The monoisotopic (exact) mass is 179 g/mol. The summed E-state index contributed by atoms with van der Waals surface area (Å²) >= 11 is 0. The number of nitrogens with one attached hydrogen (secondary N) is 1. The Morgan fingerprint density at radius 1 is 1.54 bits per heavy atom. The number of aromatic nitrogens is 1. The van der Waals surface area contributed by atoms with E-state index < -0.39 is 0 Å². The van der Waals surface area contributed by atoms with Crippen molar-refractivity contribution in [2.45, 2.75) is 6.42 Å². The van der Waals surface area contributed by atoms with E-state index in [1.54, 1.807) is 6.07 Å². The van der Waals surface area contributed by atoms with Crippen LogP contribution in [-0.4, -0.2) is 16.7 Å². The number of hydrazine groups is 1. The zero-order valence-electron chi connectivity index (χ0n) is 7.27. The Morgan fingerprint density at radius 2 is 2.38 bits per heavy atom. The molecule has 1 rings (SSSR count). The van der Waals surface area contributed by atoms with Gasteiger partial charge in [-0.3, -0.25) is 0 Å². The standard InChI is InChI=1S/C9H13N3O/c10-12-9-6-3-5-8(11-9)4-1-2-7-13/h1,3-6,13H,2,7,10H2,(H,11,12). The van der Waals surface area contributed by atoms with Gasteiger partial charge < -0.3 is 10.5 Å². The van der Waals surface area contributed by atoms with Crippen molar-refractivity contribution in [1.82, 2.24) is 4.98 Å². The Balaban J connectivity index is 2.66. The van der Waals surface area contributed by atoms with E-state index in [1.165, 1.54) is 0 Å². The Hall–Kier alpha value is -1.39. The third-order valence-electron chi connectivity index (χ3n) is 1.50. The number of hydrogen-bond acceptors (Lipinski definition) is 4. The molecule has 4 nitrogen and oxygen atoms in total. The van der Waals surface area contributed by atoms with E-state index in [-0.39, 0.29) is 6.61 Å². The molecule has 0 saturated carbocycles. The minimum absolute atomic E-state index is 0.158. The molecule has 0 spiro atoms. The highest BCUT2D eigenvalue weighted by molar-refractivity contribution is 5.48. The van der Waals surface area contributed by atoms with Crippen LogP contribution in [0.1, 0.15) is 12.1 Å². The summed E-state index contributed by atoms with van der Waals surface area (Å²) in [6.07, 6.45) is 4.35. The second-order valence-electron chi connectivity index (χ2n) is 2.51. The molecule has 0 aliphatic carbocycles. The number of anilines is 1. The summed E-state index contributed by atoms with van der Waals surface area (Å²) in [7, 11) is 0. The van der Waals surface area contributed by atoms with E-state index in [1.807, 2.05) is 24.3 Å². The van der Waals surface area contributed by atoms with Gasteiger partial charge in [-0.2, -0.15) is 0 Å². The molecule has 0 unspecified atom stereocenters. The van der Waals surface area contributed by atoms with Gasteiger partial charge in [0.2, 0.25) is 0 Å². The zero-order valence-corrected chi connectivity index (χ0v) is 7.27. The van der Waals surface area contributed by atoms with Gasteiger partial charge in [0.25, 0.3) is 0 Å². The average molecular weight is 179 g/mol. The second kappa shape index (κ2) is 5.29. The largest absolute Gasteiger partial charge is 0.396 e. The smallest absolute Gasteiger partial charge is 0.140 e. The summed E-state index contributed by atoms with van der Waals surface area (Å²) in [6.45, 7) is 0.158. The molecule has 0 fully saturated rings. The number of aliphatic hydroxyl groups is 1. The van der Waals surface area contributed by atoms with Crippen LogP contribution in [0.25, 0.3) is 6.08 Å². The zero-order chi connectivity index (χ0) is 9.52. The minimum atomic E-state index is 0.158. The first-order valence-corrected chi connectivity index (χ1v) is 4.08. The highest BCUT2D eigenvalue weighted by Gasteiger charge is 1.90. The van der Waals surface area contributed by atoms with Crippen LogP contribution in [0.5, 0.6) is 0 Å². The number of nitrogen functional groups attached to an aromatic ring is 1. The van der Waals surface area contributed by atoms with Gasteiger partial charge in [-0.1, -0.05) is 12.1 Å². The third kappa shape index (κ3) is 3.23. The molecule has 0 radical (unpaired) electrons. The molecular formula is C9H13N3O. The van der Waals surface area contributed by atoms with Crippen molar-refractivity contribution in [2.24, 2.45) is 5.84 Å². The first kappa shape index (κ1) is 9.70. The van der Waals surface area contributed by atoms with Crippen LogP contribution in [0, 0.1) is 0 Å². The molecule has 13 heavy (non-hydrogen) atoms. The molecule has 0 aliphatic heterocycles. The number of rotatable bonds is 4. The fraction of sp³-hybridized carbons (Fsp3) is 0.222. The molecule has 1 aromatic heterocycles. The first-order chi connectivity index (χ1) is 6.36. The number of nitrogens with zero attached hydrogens (tertiary/aromatic N) is 1. The molecule has 4 heteroatoms. The van der Waals surface area contributed by atoms with Gasteiger partial charge >= 0.3 is 0 Å². The number of pyridine rings is 1. The molecule has 0 aliphatic rings. The quantitative estimate of drug-likeness (QED) is 0.471. The molecule has 0 bridgehead atoms. The number of aliphatic hydroxyl groups excluding tert-OH is 1. The van der Waals surface area contributed by atoms with Crippen LogP contribution in [0.3, 0.4) is 0 Å². The highest BCUT2D eigenvalue weighted by Crippen LogP contribution is 2.04. The predicted molar refractivity (Wildman–Crippen MR) is 52.8 cm³/mol. The Labute approximate surface area is 77.1 Å². The summed E-state index contributed by atoms with van der Waals surface area (Å²) in [4.78, 5) is 4.16. The van der Waals surface area contributed by atoms with E-state index in [0.29, 0.717) is 12.2 Å². The third-order valence-corrected chi connectivity index (χ3v) is 1.50. The van der Waals surface area contributed by atoms with Crippen molar-refractivity contribution < 1.29 is 5.11 Å². The van der Waals surface area contributed by atoms with E-state index >= 15 is 0 Å². The molecule has 70 valence electrons. The summed E-state index contributed by atoms with van der Waals surface area (Å²) in [6, 6.07) is 5.51. The van der Waals surface area contributed by atoms with Gasteiger partial charge in [0.1, 0.15) is 5.82 Å². The van der Waals surface area contributed by atoms with Crippen LogP contribution in [0.15, 0.2) is 24.3 Å². The summed E-state index contributed by atoms with van der Waals surface area (Å²) < 4.78 is 0. The van der Waals surface area contributed by atoms with E-state index in [0.717, 1.165) is 5.69 Å². The van der Waals surface area contributed by atoms with Crippen LogP contribution >= 0.6 is 0 Å². The maximum atomic E-state index is 8.54. The van der Waals surface area contributed by atoms with Crippen molar-refractivity contribution >= 4 is 11.9 Å². The van der Waals surface area contributed by atoms with Crippen molar-refractivity contribution in [3.05, 3.63) is 30.0 Å². The Bertz CT molecular complexity index is 286. The Morgan fingerprint density at radius 3 is 3.08 bits per heavy atom. The maximum Gasteiger partial charge on any atom is 0.140 e. The molecule has 1 heterocycles. The lowest BCUT2D eigenvalue weighted by atomic mass is 10.3. The molecule has 0 aromatic carbocycles. The maximum absolute atomic E-state index is 8.54. The summed E-state index contributed by atoms with van der Waals surface area (Å²) in [5.41, 5.74) is 3.29. The Kier molecular flexibility index (Phi) is 3.95. The lowest BCUT2D eigenvalue weighted by molar-refractivity contribution is 0.303. The lowest BCUT2D eigenvalue weighted by Gasteiger charge is -1.98. The van der Waals surface area contributed by atoms with Gasteiger partial charge in [0.15, 0.2) is 0 Å². The van der Waals surface area contributed by atoms with E-state index in [2.05, 4.69) is 10.4 Å². The van der Waals surface area contributed by atoms with Gasteiger partial charge in [-0.25, -0.2) is 10.8 Å². The fourth-order valence-electron chi connectivity index (χ4n) is 0.903. The lowest BCUT2D eigenvalue weighted by Crippen LogP contribution is -2.08. The predicted octanol–water partition coefficient (Wildman–Crippen LogP) is 0.763. The number of nitrogens with two attached hydrogens (primary N) is 1. The van der Waals surface area contributed by atoms with Gasteiger partial charge in [-0.15, -0.1) is 0 Å². The van der Waals surface area contributed by atoms with Crippen LogP contribution in [0.4, 0.5) is 5.82 Å². The summed E-state index contributed by atoms with van der Waals surface area (Å²) in [5, 5.41) is 8.54. The molecule has 0 atom stereocenters. The van der Waals surface area contributed by atoms with Gasteiger partial charge in [0, 0.05) is 6.61 Å². The molecule has 0 amide bonds. The van der Waals surface area contributed by atoms with Crippen molar-refractivity contribution in [3.8, 4) is 0 Å². The topological polar surface area (TPSA) is 71.2 Å². The first-order valence-electron chi connectivity index (χ1n) is 4.08. The fourth-order valence-corrected chi connectivity index (χ4v) is 0.903. The molecule has 1 aromatic rings. The van der Waals surface area contributed by atoms with Crippen molar-refractivity contribution in [2.75, 3.05) is 12.0 Å². The van der Waals surface area contributed by atoms with Crippen molar-refractivity contribution in [3.63, 3.8) is 0 Å². The van der Waals surface area contributed by atoms with E-state index in [4.69, 9.17) is 10.9 Å². The van der Waals surface area contributed by atoms with Crippen LogP contribution in [-0.2, 0) is 0 Å². The van der Waals surface area contributed by atoms with Gasteiger partial charge in [0.05, 0.1) is 5.69 Å². The van der Waals surface area contributed by atoms with Gasteiger partial charge in [-0.05, 0) is 24.6 Å². The van der Waals surface area contributed by atoms with Crippen LogP contribution < -0.4 is 11.3 Å². The molecular weight excluding hydrogens is 166 g/mol. The second-order valence-corrected chi connectivity index (χ2v) is 2.51. The van der Waals surface area contributed by atoms with Crippen molar-refractivity contribution in [1.29, 1.82) is 0 Å². The minimum Gasteiger partial charge on any atom is -0.396 e. The SMILES string of the molecule is NNc1cccc(C=CCCO)n1. The number of hydrogen-bond donors (Lipinski definition) is 3. The molecule has 4 N–H and O–H groups in total. The summed E-state index contributed by atoms with van der Waals surface area (Å²) in [5.74, 6) is 5.83.